The van der Waals surface area contributed by atoms with Crippen molar-refractivity contribution in [3.05, 3.63) is 18.3 Å². The summed E-state index contributed by atoms with van der Waals surface area (Å²) in [7, 11) is -0.309. The van der Waals surface area contributed by atoms with E-state index in [1.165, 1.54) is 4.31 Å². The summed E-state index contributed by atoms with van der Waals surface area (Å²) in [6.07, 6.45) is 1.56. The van der Waals surface area contributed by atoms with Crippen LogP contribution >= 0.6 is 0 Å². The Balaban J connectivity index is 3.32. The van der Waals surface area contributed by atoms with Crippen LogP contribution in [-0.4, -0.2) is 37.3 Å². The summed E-state index contributed by atoms with van der Waals surface area (Å²) in [5.74, 6) is 0.364. The molecule has 0 atom stereocenters. The first-order valence-electron chi connectivity index (χ1n) is 5.33. The molecule has 96 valence electrons. The van der Waals surface area contributed by atoms with Crippen molar-refractivity contribution in [2.75, 3.05) is 19.4 Å². The lowest BCUT2D eigenvalue weighted by molar-refractivity contribution is 0.292. The van der Waals surface area contributed by atoms with Gasteiger partial charge in [-0.2, -0.15) is 4.31 Å². The maximum absolute atomic E-state index is 12.4. The zero-order chi connectivity index (χ0) is 13.3. The van der Waals surface area contributed by atoms with E-state index in [4.69, 9.17) is 0 Å². The van der Waals surface area contributed by atoms with Crippen LogP contribution in [0.5, 0.6) is 0 Å². The Morgan fingerprint density at radius 2 is 1.94 bits per heavy atom. The minimum atomic E-state index is -3.53. The number of sulfonamides is 1. The van der Waals surface area contributed by atoms with E-state index in [9.17, 15) is 8.42 Å². The highest BCUT2D eigenvalue weighted by atomic mass is 32.2. The molecule has 0 bridgehead atoms. The summed E-state index contributed by atoms with van der Waals surface area (Å²) in [5.41, 5.74) is -0.473. The minimum Gasteiger partial charge on any atom is -0.372 e. The Labute approximate surface area is 103 Å². The van der Waals surface area contributed by atoms with Gasteiger partial charge in [-0.25, -0.2) is 13.4 Å². The van der Waals surface area contributed by atoms with Gasteiger partial charge in [0.2, 0.25) is 10.0 Å². The van der Waals surface area contributed by atoms with Crippen LogP contribution < -0.4 is 5.32 Å². The Kier molecular flexibility index (Phi) is 3.78. The number of nitrogens with zero attached hydrogens (tertiary/aromatic N) is 2. The molecule has 1 N–H and O–H groups in total. The van der Waals surface area contributed by atoms with Crippen molar-refractivity contribution < 1.29 is 8.42 Å². The molecule has 5 nitrogen and oxygen atoms in total. The molecule has 6 heteroatoms. The average Bonchev–Trinajstić information content (AvgIpc) is 2.26. The molecule has 0 unspecified atom stereocenters. The predicted molar refractivity (Wildman–Crippen MR) is 68.5 cm³/mol. The van der Waals surface area contributed by atoms with E-state index in [-0.39, 0.29) is 4.90 Å². The summed E-state index contributed by atoms with van der Waals surface area (Å²) in [5, 5.41) is 2.79. The number of aromatic nitrogens is 1. The standard InChI is InChI=1S/C11H19N3O2S/c1-11(2,3)14(5)17(15,16)9-7-6-8-13-10(9)12-4/h6-8H,1-5H3,(H,12,13). The molecule has 0 fully saturated rings. The zero-order valence-electron chi connectivity index (χ0n) is 10.9. The van der Waals surface area contributed by atoms with Crippen LogP contribution in [0.15, 0.2) is 23.2 Å². The van der Waals surface area contributed by atoms with E-state index >= 15 is 0 Å². The average molecular weight is 257 g/mol. The summed E-state index contributed by atoms with van der Waals surface area (Å²) in [4.78, 5) is 4.21. The van der Waals surface area contributed by atoms with Crippen molar-refractivity contribution in [2.45, 2.75) is 31.2 Å². The van der Waals surface area contributed by atoms with Crippen molar-refractivity contribution in [1.29, 1.82) is 0 Å². The molecule has 1 aromatic heterocycles. The Hall–Kier alpha value is -1.14. The van der Waals surface area contributed by atoms with Crippen molar-refractivity contribution >= 4 is 15.8 Å². The highest BCUT2D eigenvalue weighted by Gasteiger charge is 2.32. The molecule has 1 heterocycles. The van der Waals surface area contributed by atoms with E-state index < -0.39 is 15.6 Å². The van der Waals surface area contributed by atoms with E-state index in [0.29, 0.717) is 5.82 Å². The van der Waals surface area contributed by atoms with Crippen molar-refractivity contribution in [3.8, 4) is 0 Å². The molecule has 0 spiro atoms. The highest BCUT2D eigenvalue weighted by Crippen LogP contribution is 2.25. The van der Waals surface area contributed by atoms with Crippen LogP contribution in [0.4, 0.5) is 5.82 Å². The van der Waals surface area contributed by atoms with Gasteiger partial charge in [0, 0.05) is 25.8 Å². The van der Waals surface area contributed by atoms with Crippen molar-refractivity contribution in [2.24, 2.45) is 0 Å². The van der Waals surface area contributed by atoms with Gasteiger partial charge in [0.05, 0.1) is 0 Å². The maximum atomic E-state index is 12.4. The highest BCUT2D eigenvalue weighted by molar-refractivity contribution is 7.89. The summed E-state index contributed by atoms with van der Waals surface area (Å²) in [6, 6.07) is 3.17. The van der Waals surface area contributed by atoms with Gasteiger partial charge in [0.1, 0.15) is 10.7 Å². The van der Waals surface area contributed by atoms with Gasteiger partial charge in [-0.15, -0.1) is 0 Å². The second-order valence-corrected chi connectivity index (χ2v) is 6.68. The van der Waals surface area contributed by atoms with Gasteiger partial charge in [-0.05, 0) is 32.9 Å². The molecule has 0 aliphatic rings. The summed E-state index contributed by atoms with van der Waals surface area (Å²) in [6.45, 7) is 5.54. The fourth-order valence-electron chi connectivity index (χ4n) is 1.29. The second-order valence-electron chi connectivity index (χ2n) is 4.74. The molecule has 0 amide bonds. The van der Waals surface area contributed by atoms with Crippen LogP contribution in [0.1, 0.15) is 20.8 Å². The number of anilines is 1. The van der Waals surface area contributed by atoms with Gasteiger partial charge in [0.15, 0.2) is 0 Å². The van der Waals surface area contributed by atoms with E-state index in [0.717, 1.165) is 0 Å². The summed E-state index contributed by atoms with van der Waals surface area (Å²) >= 11 is 0. The van der Waals surface area contributed by atoms with Crippen LogP contribution in [0.3, 0.4) is 0 Å². The normalized spacial score (nSPS) is 12.8. The van der Waals surface area contributed by atoms with Crippen LogP contribution in [0.2, 0.25) is 0 Å². The topological polar surface area (TPSA) is 62.3 Å². The third-order valence-electron chi connectivity index (χ3n) is 2.59. The SMILES string of the molecule is CNc1ncccc1S(=O)(=O)N(C)C(C)(C)C. The van der Waals surface area contributed by atoms with Crippen molar-refractivity contribution in [1.82, 2.24) is 9.29 Å². The number of hydrogen-bond donors (Lipinski definition) is 1. The molecule has 17 heavy (non-hydrogen) atoms. The quantitative estimate of drug-likeness (QED) is 0.892. The molecular formula is C11H19N3O2S. The Morgan fingerprint density at radius 3 is 2.41 bits per heavy atom. The molecule has 0 aromatic carbocycles. The zero-order valence-corrected chi connectivity index (χ0v) is 11.7. The molecule has 0 saturated heterocycles. The smallest absolute Gasteiger partial charge is 0.246 e. The van der Waals surface area contributed by atoms with E-state index in [1.807, 2.05) is 20.8 Å². The molecule has 0 aliphatic heterocycles. The minimum absolute atomic E-state index is 0.194. The predicted octanol–water partition coefficient (Wildman–Crippen LogP) is 1.54. The Bertz CT molecular complexity index is 492. The molecule has 0 saturated carbocycles. The molecule has 0 aliphatic carbocycles. The first kappa shape index (κ1) is 13.9. The first-order chi connectivity index (χ1) is 7.71. The van der Waals surface area contributed by atoms with Gasteiger partial charge in [0.25, 0.3) is 0 Å². The largest absolute Gasteiger partial charge is 0.372 e. The Morgan fingerprint density at radius 1 is 1.35 bits per heavy atom. The second kappa shape index (κ2) is 4.62. The van der Waals surface area contributed by atoms with E-state index in [1.54, 1.807) is 32.4 Å². The lowest BCUT2D eigenvalue weighted by atomic mass is 10.1. The first-order valence-corrected chi connectivity index (χ1v) is 6.77. The molecule has 1 aromatic rings. The number of hydrogen-bond acceptors (Lipinski definition) is 4. The van der Waals surface area contributed by atoms with E-state index in [2.05, 4.69) is 10.3 Å². The van der Waals surface area contributed by atoms with Gasteiger partial charge in [-0.3, -0.25) is 0 Å². The third-order valence-corrected chi connectivity index (χ3v) is 4.74. The van der Waals surface area contributed by atoms with Crippen LogP contribution in [-0.2, 0) is 10.0 Å². The van der Waals surface area contributed by atoms with Gasteiger partial charge >= 0.3 is 0 Å². The summed E-state index contributed by atoms with van der Waals surface area (Å²) < 4.78 is 26.2. The lowest BCUT2D eigenvalue weighted by Gasteiger charge is -2.31. The molecular weight excluding hydrogens is 238 g/mol. The number of nitrogens with one attached hydrogen (secondary N) is 1. The van der Waals surface area contributed by atoms with Crippen LogP contribution in [0, 0.1) is 0 Å². The fourth-order valence-corrected chi connectivity index (χ4v) is 2.96. The monoisotopic (exact) mass is 257 g/mol. The molecule has 1 rings (SSSR count). The number of rotatable bonds is 3. The van der Waals surface area contributed by atoms with Crippen LogP contribution in [0.25, 0.3) is 0 Å². The van der Waals surface area contributed by atoms with Crippen molar-refractivity contribution in [3.63, 3.8) is 0 Å². The molecule has 0 radical (unpaired) electrons. The maximum Gasteiger partial charge on any atom is 0.246 e. The lowest BCUT2D eigenvalue weighted by Crippen LogP contribution is -2.42. The fraction of sp³-hybridized carbons (Fsp3) is 0.545. The van der Waals surface area contributed by atoms with Gasteiger partial charge < -0.3 is 5.32 Å². The third kappa shape index (κ3) is 2.76. The van der Waals surface area contributed by atoms with Gasteiger partial charge in [-0.1, -0.05) is 0 Å². The number of pyridine rings is 1.